The van der Waals surface area contributed by atoms with Gasteiger partial charge in [-0.1, -0.05) is 18.2 Å². The number of rotatable bonds is 3. The Morgan fingerprint density at radius 3 is 2.31 bits per heavy atom. The van der Waals surface area contributed by atoms with E-state index in [4.69, 9.17) is 0 Å². The van der Waals surface area contributed by atoms with Crippen molar-refractivity contribution in [3.63, 3.8) is 0 Å². The average molecular weight is 254 g/mol. The van der Waals surface area contributed by atoms with Gasteiger partial charge in [-0.2, -0.15) is 21.6 Å². The Labute approximate surface area is 91.0 Å². The molecule has 1 rings (SSSR count). The van der Waals surface area contributed by atoms with Crippen LogP contribution in [0, 0.1) is 6.92 Å². The van der Waals surface area contributed by atoms with E-state index in [2.05, 4.69) is 4.18 Å². The van der Waals surface area contributed by atoms with Gasteiger partial charge in [-0.15, -0.1) is 0 Å². The number of halogens is 3. The van der Waals surface area contributed by atoms with Crippen molar-refractivity contribution in [3.05, 3.63) is 29.8 Å². The highest BCUT2D eigenvalue weighted by Gasteiger charge is 2.36. The fraction of sp³-hybridized carbons (Fsp3) is 0.333. The normalized spacial score (nSPS) is 12.5. The number of hydrogen-bond acceptors (Lipinski definition) is 3. The van der Waals surface area contributed by atoms with Gasteiger partial charge in [-0.25, -0.2) is 0 Å². The minimum absolute atomic E-state index is 0.0910. The molecule has 0 aliphatic rings. The lowest BCUT2D eigenvalue weighted by Crippen LogP contribution is -2.26. The summed E-state index contributed by atoms with van der Waals surface area (Å²) in [6, 6.07) is 5.94. The summed E-state index contributed by atoms with van der Waals surface area (Å²) < 4.78 is 62.1. The smallest absolute Gasteiger partial charge is 0.382 e. The molecule has 0 bridgehead atoms. The van der Waals surface area contributed by atoms with Gasteiger partial charge in [-0.3, -0.25) is 0 Å². The number of alkyl halides is 3. The monoisotopic (exact) mass is 254 g/mol. The van der Waals surface area contributed by atoms with Crippen molar-refractivity contribution in [1.82, 2.24) is 0 Å². The topological polar surface area (TPSA) is 43.4 Å². The zero-order valence-electron chi connectivity index (χ0n) is 8.28. The van der Waals surface area contributed by atoms with Crippen molar-refractivity contribution in [2.75, 3.05) is 5.75 Å². The fourth-order valence-electron chi connectivity index (χ4n) is 1.02. The average Bonchev–Trinajstić information content (AvgIpc) is 2.04. The molecule has 3 nitrogen and oxygen atoms in total. The van der Waals surface area contributed by atoms with Gasteiger partial charge in [0, 0.05) is 0 Å². The van der Waals surface area contributed by atoms with E-state index in [9.17, 15) is 21.6 Å². The van der Waals surface area contributed by atoms with E-state index < -0.39 is 22.0 Å². The maximum absolute atomic E-state index is 11.9. The second-order valence-electron chi connectivity index (χ2n) is 3.17. The van der Waals surface area contributed by atoms with Crippen LogP contribution in [-0.4, -0.2) is 20.3 Å². The molecule has 0 aliphatic heterocycles. The van der Waals surface area contributed by atoms with Crippen LogP contribution in [0.25, 0.3) is 0 Å². The Bertz CT molecular complexity index is 465. The summed E-state index contributed by atoms with van der Waals surface area (Å²) in [5, 5.41) is 0. The molecule has 16 heavy (non-hydrogen) atoms. The molecule has 0 atom stereocenters. The van der Waals surface area contributed by atoms with Crippen LogP contribution in [0.2, 0.25) is 0 Å². The number of para-hydroxylation sites is 1. The van der Waals surface area contributed by atoms with Crippen LogP contribution in [0.15, 0.2) is 24.3 Å². The summed E-state index contributed by atoms with van der Waals surface area (Å²) in [6.07, 6.45) is -4.80. The van der Waals surface area contributed by atoms with Crippen LogP contribution in [-0.2, 0) is 10.1 Å². The summed E-state index contributed by atoms with van der Waals surface area (Å²) in [4.78, 5) is 0. The van der Waals surface area contributed by atoms with Crippen LogP contribution in [0.5, 0.6) is 5.75 Å². The van der Waals surface area contributed by atoms with Gasteiger partial charge < -0.3 is 4.18 Å². The molecule has 0 N–H and O–H groups in total. The third-order valence-corrected chi connectivity index (χ3v) is 2.77. The highest BCUT2D eigenvalue weighted by atomic mass is 32.2. The zero-order valence-corrected chi connectivity index (χ0v) is 9.10. The quantitative estimate of drug-likeness (QED) is 0.777. The van der Waals surface area contributed by atoms with E-state index in [1.807, 2.05) is 0 Å². The van der Waals surface area contributed by atoms with Crippen molar-refractivity contribution in [3.8, 4) is 5.75 Å². The molecule has 0 saturated heterocycles. The molecule has 7 heteroatoms. The summed E-state index contributed by atoms with van der Waals surface area (Å²) in [5.74, 6) is -2.08. The molecule has 1 aromatic carbocycles. The van der Waals surface area contributed by atoms with E-state index in [1.54, 1.807) is 19.1 Å². The molecule has 0 fully saturated rings. The van der Waals surface area contributed by atoms with Crippen LogP contribution < -0.4 is 4.18 Å². The maximum Gasteiger partial charge on any atom is 0.406 e. The van der Waals surface area contributed by atoms with Crippen LogP contribution in [0.3, 0.4) is 0 Å². The van der Waals surface area contributed by atoms with E-state index in [1.165, 1.54) is 12.1 Å². The van der Waals surface area contributed by atoms with Crippen molar-refractivity contribution >= 4 is 10.1 Å². The molecule has 0 unspecified atom stereocenters. The Balaban J connectivity index is 2.86. The van der Waals surface area contributed by atoms with Crippen molar-refractivity contribution in [1.29, 1.82) is 0 Å². The molecule has 0 saturated carbocycles. The standard InChI is InChI=1S/C9H9F3O3S/c1-7-4-2-3-5-8(7)15-16(13,14)6-9(10,11)12/h2-5H,6H2,1H3. The SMILES string of the molecule is Cc1ccccc1OS(=O)(=O)CC(F)(F)F. The second-order valence-corrected chi connectivity index (χ2v) is 4.74. The predicted octanol–water partition coefficient (Wildman–Crippen LogP) is 2.27. The summed E-state index contributed by atoms with van der Waals surface area (Å²) in [5.41, 5.74) is 0.452. The minimum Gasteiger partial charge on any atom is -0.382 e. The van der Waals surface area contributed by atoms with Gasteiger partial charge in [-0.05, 0) is 18.6 Å². The first-order chi connectivity index (χ1) is 7.20. The third-order valence-electron chi connectivity index (χ3n) is 1.65. The molecule has 0 aliphatic carbocycles. The Hall–Kier alpha value is -1.24. The Kier molecular flexibility index (Phi) is 3.47. The van der Waals surface area contributed by atoms with Crippen LogP contribution in [0.4, 0.5) is 13.2 Å². The lowest BCUT2D eigenvalue weighted by molar-refractivity contribution is -0.107. The first-order valence-corrected chi connectivity index (χ1v) is 5.82. The van der Waals surface area contributed by atoms with Gasteiger partial charge in [0.1, 0.15) is 5.75 Å². The predicted molar refractivity (Wildman–Crippen MR) is 51.6 cm³/mol. The van der Waals surface area contributed by atoms with Gasteiger partial charge in [0.15, 0.2) is 5.75 Å². The highest BCUT2D eigenvalue weighted by molar-refractivity contribution is 7.87. The molecular formula is C9H9F3O3S. The van der Waals surface area contributed by atoms with Crippen LogP contribution in [0.1, 0.15) is 5.56 Å². The lowest BCUT2D eigenvalue weighted by Gasteiger charge is -2.10. The number of hydrogen-bond donors (Lipinski definition) is 0. The fourth-order valence-corrected chi connectivity index (χ4v) is 1.94. The molecule has 0 radical (unpaired) electrons. The van der Waals surface area contributed by atoms with Gasteiger partial charge >= 0.3 is 16.3 Å². The molecular weight excluding hydrogens is 245 g/mol. The van der Waals surface area contributed by atoms with Crippen molar-refractivity contribution < 1.29 is 25.8 Å². The first-order valence-electron chi connectivity index (χ1n) is 4.24. The highest BCUT2D eigenvalue weighted by Crippen LogP contribution is 2.22. The third kappa shape index (κ3) is 4.09. The molecule has 90 valence electrons. The van der Waals surface area contributed by atoms with Crippen molar-refractivity contribution in [2.24, 2.45) is 0 Å². The maximum atomic E-state index is 11.9. The van der Waals surface area contributed by atoms with Crippen LogP contribution >= 0.6 is 0 Å². The summed E-state index contributed by atoms with van der Waals surface area (Å²) in [7, 11) is -4.64. The summed E-state index contributed by atoms with van der Waals surface area (Å²) in [6.45, 7) is 1.54. The minimum atomic E-state index is -4.80. The molecule has 0 spiro atoms. The molecule has 0 aromatic heterocycles. The largest absolute Gasteiger partial charge is 0.406 e. The van der Waals surface area contributed by atoms with E-state index >= 15 is 0 Å². The molecule has 0 amide bonds. The second kappa shape index (κ2) is 4.32. The zero-order chi connectivity index (χ0) is 12.4. The Morgan fingerprint density at radius 1 is 1.25 bits per heavy atom. The van der Waals surface area contributed by atoms with E-state index in [-0.39, 0.29) is 5.75 Å². The van der Waals surface area contributed by atoms with Gasteiger partial charge in [0.05, 0.1) is 0 Å². The van der Waals surface area contributed by atoms with E-state index in [0.717, 1.165) is 0 Å². The summed E-state index contributed by atoms with van der Waals surface area (Å²) >= 11 is 0. The lowest BCUT2D eigenvalue weighted by atomic mass is 10.2. The van der Waals surface area contributed by atoms with Gasteiger partial charge in [0.25, 0.3) is 0 Å². The van der Waals surface area contributed by atoms with E-state index in [0.29, 0.717) is 5.56 Å². The Morgan fingerprint density at radius 2 is 1.81 bits per heavy atom. The molecule has 1 aromatic rings. The molecule has 0 heterocycles. The van der Waals surface area contributed by atoms with Crippen molar-refractivity contribution in [2.45, 2.75) is 13.1 Å². The van der Waals surface area contributed by atoms with Gasteiger partial charge in [0.2, 0.25) is 0 Å². The first kappa shape index (κ1) is 12.8. The number of aryl methyl sites for hydroxylation is 1. The number of benzene rings is 1.